The fourth-order valence-electron chi connectivity index (χ4n) is 4.09. The number of ketones is 1. The molecular formula is C23H22N4O3S. The Morgan fingerprint density at radius 3 is 2.87 bits per heavy atom. The molecule has 0 radical (unpaired) electrons. The SMILES string of the molecule is COc1cc(C2C3=C(CCCC3=O)Nc3nc(SCc4ccccc4)nn32)ccc1O. The lowest BCUT2D eigenvalue weighted by Gasteiger charge is -2.32. The van der Waals surface area contributed by atoms with Crippen LogP contribution in [-0.4, -0.2) is 32.8 Å². The topological polar surface area (TPSA) is 89.3 Å². The number of aromatic nitrogens is 3. The third-order valence-corrected chi connectivity index (χ3v) is 6.49. The van der Waals surface area contributed by atoms with Gasteiger partial charge in [-0.25, -0.2) is 4.68 Å². The molecule has 2 aromatic carbocycles. The van der Waals surface area contributed by atoms with E-state index in [0.29, 0.717) is 23.3 Å². The van der Waals surface area contributed by atoms with Crippen LogP contribution in [0.2, 0.25) is 0 Å². The molecule has 0 saturated heterocycles. The lowest BCUT2D eigenvalue weighted by atomic mass is 9.85. The van der Waals surface area contributed by atoms with E-state index in [1.165, 1.54) is 12.7 Å². The van der Waals surface area contributed by atoms with Crippen molar-refractivity contribution >= 4 is 23.5 Å². The van der Waals surface area contributed by atoms with Crippen molar-refractivity contribution in [1.82, 2.24) is 14.8 Å². The number of carbonyl (C=O) groups excluding carboxylic acids is 1. The average Bonchev–Trinajstić information content (AvgIpc) is 3.20. The molecule has 2 heterocycles. The first-order valence-corrected chi connectivity index (χ1v) is 11.2. The molecule has 0 saturated carbocycles. The summed E-state index contributed by atoms with van der Waals surface area (Å²) in [5.74, 6) is 1.92. The maximum atomic E-state index is 12.9. The molecule has 0 amide bonds. The summed E-state index contributed by atoms with van der Waals surface area (Å²) in [5.41, 5.74) is 3.65. The molecule has 1 aliphatic carbocycles. The molecule has 8 heteroatoms. The summed E-state index contributed by atoms with van der Waals surface area (Å²) < 4.78 is 7.08. The van der Waals surface area contributed by atoms with Crippen LogP contribution in [0.15, 0.2) is 65.0 Å². The van der Waals surface area contributed by atoms with Crippen LogP contribution in [0.3, 0.4) is 0 Å². The Morgan fingerprint density at radius 2 is 2.06 bits per heavy atom. The molecule has 7 nitrogen and oxygen atoms in total. The van der Waals surface area contributed by atoms with Gasteiger partial charge < -0.3 is 15.2 Å². The van der Waals surface area contributed by atoms with Gasteiger partial charge in [0.2, 0.25) is 11.1 Å². The second-order valence-corrected chi connectivity index (χ2v) is 8.51. The number of rotatable bonds is 5. The van der Waals surface area contributed by atoms with Crippen molar-refractivity contribution in [3.8, 4) is 11.5 Å². The van der Waals surface area contributed by atoms with Crippen LogP contribution in [-0.2, 0) is 10.5 Å². The van der Waals surface area contributed by atoms with Crippen molar-refractivity contribution in [2.45, 2.75) is 36.2 Å². The van der Waals surface area contributed by atoms with Gasteiger partial charge in [-0.05, 0) is 36.1 Å². The van der Waals surface area contributed by atoms with Gasteiger partial charge in [0.25, 0.3) is 0 Å². The largest absolute Gasteiger partial charge is 0.504 e. The first kappa shape index (κ1) is 19.7. The lowest BCUT2D eigenvalue weighted by Crippen LogP contribution is -2.31. The van der Waals surface area contributed by atoms with Gasteiger partial charge in [-0.15, -0.1) is 5.10 Å². The molecule has 3 aromatic rings. The molecule has 1 atom stereocenters. The number of hydrogen-bond acceptors (Lipinski definition) is 7. The Kier molecular flexibility index (Phi) is 5.15. The second kappa shape index (κ2) is 8.11. The van der Waals surface area contributed by atoms with Crippen LogP contribution in [0, 0.1) is 0 Å². The minimum Gasteiger partial charge on any atom is -0.504 e. The predicted molar refractivity (Wildman–Crippen MR) is 118 cm³/mol. The zero-order valence-electron chi connectivity index (χ0n) is 17.0. The van der Waals surface area contributed by atoms with Gasteiger partial charge in [0.05, 0.1) is 7.11 Å². The van der Waals surface area contributed by atoms with E-state index < -0.39 is 6.04 Å². The Bertz CT molecular complexity index is 1170. The highest BCUT2D eigenvalue weighted by Gasteiger charge is 2.37. The van der Waals surface area contributed by atoms with E-state index >= 15 is 0 Å². The van der Waals surface area contributed by atoms with E-state index in [1.54, 1.807) is 28.6 Å². The highest BCUT2D eigenvalue weighted by molar-refractivity contribution is 7.98. The van der Waals surface area contributed by atoms with Crippen molar-refractivity contribution < 1.29 is 14.6 Å². The summed E-state index contributed by atoms with van der Waals surface area (Å²) in [5, 5.41) is 18.8. The van der Waals surface area contributed by atoms with Crippen LogP contribution in [0.5, 0.6) is 11.5 Å². The van der Waals surface area contributed by atoms with Crippen LogP contribution in [0.1, 0.15) is 36.4 Å². The molecule has 2 N–H and O–H groups in total. The Hall–Kier alpha value is -3.26. The maximum Gasteiger partial charge on any atom is 0.227 e. The number of methoxy groups -OCH3 is 1. The fourth-order valence-corrected chi connectivity index (χ4v) is 4.88. The van der Waals surface area contributed by atoms with E-state index in [-0.39, 0.29) is 11.5 Å². The molecule has 158 valence electrons. The summed E-state index contributed by atoms with van der Waals surface area (Å²) in [6.07, 6.45) is 2.14. The normalized spacial score (nSPS) is 17.7. The third-order valence-electron chi connectivity index (χ3n) is 5.58. The van der Waals surface area contributed by atoms with Gasteiger partial charge in [0.1, 0.15) is 6.04 Å². The summed E-state index contributed by atoms with van der Waals surface area (Å²) in [6.45, 7) is 0. The molecular weight excluding hydrogens is 412 g/mol. The molecule has 2 aliphatic rings. The summed E-state index contributed by atoms with van der Waals surface area (Å²) >= 11 is 1.56. The highest BCUT2D eigenvalue weighted by atomic mass is 32.2. The number of carbonyl (C=O) groups is 1. The number of Topliss-reactive ketones (excluding diaryl/α,β-unsaturated/α-hetero) is 1. The van der Waals surface area contributed by atoms with Crippen molar-refractivity contribution in [2.75, 3.05) is 12.4 Å². The zero-order chi connectivity index (χ0) is 21.4. The van der Waals surface area contributed by atoms with Gasteiger partial charge in [-0.2, -0.15) is 4.98 Å². The van der Waals surface area contributed by atoms with E-state index in [0.717, 1.165) is 35.4 Å². The number of benzene rings is 2. The molecule has 0 fully saturated rings. The number of phenols is 1. The fraction of sp³-hybridized carbons (Fsp3) is 0.261. The monoisotopic (exact) mass is 434 g/mol. The number of fused-ring (bicyclic) bond motifs is 1. The van der Waals surface area contributed by atoms with Crippen molar-refractivity contribution in [2.24, 2.45) is 0 Å². The molecule has 31 heavy (non-hydrogen) atoms. The van der Waals surface area contributed by atoms with Crippen LogP contribution in [0.4, 0.5) is 5.95 Å². The first-order valence-electron chi connectivity index (χ1n) is 10.2. The van der Waals surface area contributed by atoms with E-state index in [2.05, 4.69) is 17.4 Å². The van der Waals surface area contributed by atoms with Gasteiger partial charge >= 0.3 is 0 Å². The van der Waals surface area contributed by atoms with Crippen LogP contribution < -0.4 is 10.1 Å². The summed E-state index contributed by atoms with van der Waals surface area (Å²) in [7, 11) is 1.51. The minimum absolute atomic E-state index is 0.0577. The number of nitrogens with one attached hydrogen (secondary N) is 1. The Labute approximate surface area is 184 Å². The average molecular weight is 435 g/mol. The molecule has 1 aromatic heterocycles. The Balaban J connectivity index is 1.54. The maximum absolute atomic E-state index is 12.9. The van der Waals surface area contributed by atoms with Gasteiger partial charge in [0, 0.05) is 23.4 Å². The van der Waals surface area contributed by atoms with E-state index in [1.807, 2.05) is 24.3 Å². The first-order chi connectivity index (χ1) is 15.1. The standard InChI is InChI=1S/C23H22N4O3S/c1-30-19-12-15(10-11-17(19)28)21-20-16(8-5-9-18(20)29)24-22-25-23(26-27(21)22)31-13-14-6-3-2-4-7-14/h2-4,6-7,10-12,21,28H,5,8-9,13H2,1H3,(H,24,25,26). The van der Waals surface area contributed by atoms with Gasteiger partial charge in [-0.1, -0.05) is 48.2 Å². The number of anilines is 1. The van der Waals surface area contributed by atoms with Crippen LogP contribution >= 0.6 is 11.8 Å². The van der Waals surface area contributed by atoms with Gasteiger partial charge in [-0.3, -0.25) is 4.79 Å². The molecule has 1 aliphatic heterocycles. The smallest absolute Gasteiger partial charge is 0.227 e. The number of phenolic OH excluding ortho intramolecular Hbond substituents is 1. The van der Waals surface area contributed by atoms with Gasteiger partial charge in [0.15, 0.2) is 17.3 Å². The number of ether oxygens (including phenoxy) is 1. The third kappa shape index (κ3) is 3.67. The van der Waals surface area contributed by atoms with Crippen molar-refractivity contribution in [3.05, 3.63) is 70.9 Å². The minimum atomic E-state index is -0.410. The number of allylic oxidation sites excluding steroid dienone is 2. The van der Waals surface area contributed by atoms with E-state index in [4.69, 9.17) is 14.8 Å². The summed E-state index contributed by atoms with van der Waals surface area (Å²) in [6, 6.07) is 14.9. The molecule has 0 bridgehead atoms. The predicted octanol–water partition coefficient (Wildman–Crippen LogP) is 4.31. The number of thioether (sulfide) groups is 1. The van der Waals surface area contributed by atoms with Crippen LogP contribution in [0.25, 0.3) is 0 Å². The number of aromatic hydroxyl groups is 1. The quantitative estimate of drug-likeness (QED) is 0.579. The summed E-state index contributed by atoms with van der Waals surface area (Å²) in [4.78, 5) is 17.6. The van der Waals surface area contributed by atoms with Crippen molar-refractivity contribution in [3.63, 3.8) is 0 Å². The highest BCUT2D eigenvalue weighted by Crippen LogP contribution is 2.42. The second-order valence-electron chi connectivity index (χ2n) is 7.56. The molecule has 5 rings (SSSR count). The molecule has 1 unspecified atom stereocenters. The number of nitrogens with zero attached hydrogens (tertiary/aromatic N) is 3. The van der Waals surface area contributed by atoms with Crippen molar-refractivity contribution in [1.29, 1.82) is 0 Å². The zero-order valence-corrected chi connectivity index (χ0v) is 17.9. The Morgan fingerprint density at radius 1 is 1.23 bits per heavy atom. The van der Waals surface area contributed by atoms with E-state index in [9.17, 15) is 9.90 Å². The molecule has 0 spiro atoms. The number of hydrogen-bond donors (Lipinski definition) is 2. The lowest BCUT2D eigenvalue weighted by molar-refractivity contribution is -0.116.